The molecule has 0 fully saturated rings. The Hall–Kier alpha value is -3.13. The van der Waals surface area contributed by atoms with Crippen molar-refractivity contribution in [1.82, 2.24) is 0 Å². The smallest absolute Gasteiger partial charge is 0.265 e. The maximum atomic E-state index is 11.8. The molecule has 0 unspecified atom stereocenters. The molecule has 5 nitrogen and oxygen atoms in total. The van der Waals surface area contributed by atoms with Gasteiger partial charge < -0.3 is 10.2 Å². The summed E-state index contributed by atoms with van der Waals surface area (Å²) in [6, 6.07) is 16.7. The Bertz CT molecular complexity index is 759. The standard InChI is InChI=1S/C19H19N3O2/c1-14(2)17-8-6-15(7-9-17)12-21-24-13-19(23)22-18-5-3-4-16(10-18)11-20/h3-10,12,14H,13H2,1-2H3,(H,22,23)/b21-12-. The molecule has 0 radical (unpaired) electrons. The van der Waals surface area contributed by atoms with Crippen molar-refractivity contribution in [2.45, 2.75) is 19.8 Å². The Morgan fingerprint density at radius 2 is 2.04 bits per heavy atom. The molecule has 0 heterocycles. The van der Waals surface area contributed by atoms with E-state index >= 15 is 0 Å². The second-order valence-corrected chi connectivity index (χ2v) is 5.57. The summed E-state index contributed by atoms with van der Waals surface area (Å²) in [6.45, 7) is 4.08. The molecule has 0 aromatic heterocycles. The Balaban J connectivity index is 1.80. The fourth-order valence-electron chi connectivity index (χ4n) is 2.02. The molecule has 0 atom stereocenters. The van der Waals surface area contributed by atoms with E-state index in [9.17, 15) is 4.79 Å². The SMILES string of the molecule is CC(C)c1ccc(/C=N\OCC(=O)Nc2cccc(C#N)c2)cc1. The predicted molar refractivity (Wildman–Crippen MR) is 93.9 cm³/mol. The summed E-state index contributed by atoms with van der Waals surface area (Å²) in [7, 11) is 0. The number of nitrogens with zero attached hydrogens (tertiary/aromatic N) is 2. The van der Waals surface area contributed by atoms with Crippen molar-refractivity contribution in [3.8, 4) is 6.07 Å². The van der Waals surface area contributed by atoms with E-state index in [0.717, 1.165) is 5.56 Å². The van der Waals surface area contributed by atoms with Gasteiger partial charge in [-0.15, -0.1) is 0 Å². The van der Waals surface area contributed by atoms with E-state index in [2.05, 4.69) is 24.3 Å². The first-order chi connectivity index (χ1) is 11.6. The lowest BCUT2D eigenvalue weighted by molar-refractivity contribution is -0.120. The molecule has 0 aliphatic rings. The van der Waals surface area contributed by atoms with Gasteiger partial charge in [0.25, 0.3) is 5.91 Å². The van der Waals surface area contributed by atoms with Crippen molar-refractivity contribution in [3.63, 3.8) is 0 Å². The molecule has 1 amide bonds. The van der Waals surface area contributed by atoms with Gasteiger partial charge in [0.05, 0.1) is 17.8 Å². The highest BCUT2D eigenvalue weighted by Gasteiger charge is 2.03. The van der Waals surface area contributed by atoms with Gasteiger partial charge in [0.1, 0.15) is 0 Å². The van der Waals surface area contributed by atoms with Crippen LogP contribution in [0.15, 0.2) is 53.7 Å². The summed E-state index contributed by atoms with van der Waals surface area (Å²) in [4.78, 5) is 16.7. The maximum absolute atomic E-state index is 11.8. The zero-order valence-electron chi connectivity index (χ0n) is 13.7. The van der Waals surface area contributed by atoms with Crippen LogP contribution in [0.2, 0.25) is 0 Å². The molecular weight excluding hydrogens is 302 g/mol. The van der Waals surface area contributed by atoms with E-state index < -0.39 is 0 Å². The zero-order valence-corrected chi connectivity index (χ0v) is 13.7. The van der Waals surface area contributed by atoms with Crippen molar-refractivity contribution in [1.29, 1.82) is 5.26 Å². The minimum absolute atomic E-state index is 0.197. The molecule has 0 aliphatic carbocycles. The lowest BCUT2D eigenvalue weighted by Crippen LogP contribution is -2.17. The van der Waals surface area contributed by atoms with Crippen LogP contribution in [0.3, 0.4) is 0 Å². The van der Waals surface area contributed by atoms with Crippen LogP contribution in [-0.4, -0.2) is 18.7 Å². The lowest BCUT2D eigenvalue weighted by Gasteiger charge is -2.05. The van der Waals surface area contributed by atoms with Gasteiger partial charge in [-0.25, -0.2) is 0 Å². The first-order valence-electron chi connectivity index (χ1n) is 7.64. The second-order valence-electron chi connectivity index (χ2n) is 5.57. The van der Waals surface area contributed by atoms with Crippen molar-refractivity contribution in [3.05, 3.63) is 65.2 Å². The molecule has 122 valence electrons. The van der Waals surface area contributed by atoms with Crippen LogP contribution in [-0.2, 0) is 9.63 Å². The molecule has 0 spiro atoms. The highest BCUT2D eigenvalue weighted by molar-refractivity contribution is 5.91. The normalized spacial score (nSPS) is 10.6. The fraction of sp³-hybridized carbons (Fsp3) is 0.211. The second kappa shape index (κ2) is 8.49. The quantitative estimate of drug-likeness (QED) is 0.651. The van der Waals surface area contributed by atoms with E-state index in [1.165, 1.54) is 5.56 Å². The number of rotatable bonds is 6. The fourth-order valence-corrected chi connectivity index (χ4v) is 2.02. The minimum atomic E-state index is -0.336. The van der Waals surface area contributed by atoms with Crippen molar-refractivity contribution < 1.29 is 9.63 Å². The summed E-state index contributed by atoms with van der Waals surface area (Å²) in [5.74, 6) is 0.146. The van der Waals surface area contributed by atoms with Crippen molar-refractivity contribution >= 4 is 17.8 Å². The van der Waals surface area contributed by atoms with Gasteiger partial charge in [0.15, 0.2) is 6.61 Å². The van der Waals surface area contributed by atoms with Crippen LogP contribution < -0.4 is 5.32 Å². The van der Waals surface area contributed by atoms with E-state index in [-0.39, 0.29) is 12.5 Å². The number of nitriles is 1. The number of oxime groups is 1. The average molecular weight is 321 g/mol. The van der Waals surface area contributed by atoms with Crippen LogP contribution in [0.1, 0.15) is 36.5 Å². The van der Waals surface area contributed by atoms with E-state index in [4.69, 9.17) is 10.1 Å². The molecule has 2 rings (SSSR count). The summed E-state index contributed by atoms with van der Waals surface area (Å²) < 4.78 is 0. The van der Waals surface area contributed by atoms with E-state index in [0.29, 0.717) is 17.2 Å². The van der Waals surface area contributed by atoms with E-state index in [1.807, 2.05) is 30.3 Å². The molecule has 5 heteroatoms. The number of hydrogen-bond acceptors (Lipinski definition) is 4. The van der Waals surface area contributed by atoms with Crippen molar-refractivity contribution in [2.24, 2.45) is 5.16 Å². The lowest BCUT2D eigenvalue weighted by atomic mass is 10.0. The monoisotopic (exact) mass is 321 g/mol. The predicted octanol–water partition coefficient (Wildman–Crippen LogP) is 3.67. The van der Waals surface area contributed by atoms with Crippen LogP contribution in [0, 0.1) is 11.3 Å². The molecule has 24 heavy (non-hydrogen) atoms. The van der Waals surface area contributed by atoms with Gasteiger partial charge in [-0.2, -0.15) is 5.26 Å². The molecule has 2 aromatic carbocycles. The Morgan fingerprint density at radius 1 is 1.29 bits per heavy atom. The van der Waals surface area contributed by atoms with Gasteiger partial charge in [-0.05, 0) is 35.2 Å². The van der Waals surface area contributed by atoms with Gasteiger partial charge in [0, 0.05) is 5.69 Å². The average Bonchev–Trinajstić information content (AvgIpc) is 2.59. The highest BCUT2D eigenvalue weighted by Crippen LogP contribution is 2.14. The first kappa shape index (κ1) is 17.2. The number of hydrogen-bond donors (Lipinski definition) is 1. The molecule has 0 aliphatic heterocycles. The maximum Gasteiger partial charge on any atom is 0.265 e. The van der Waals surface area contributed by atoms with Crippen molar-refractivity contribution in [2.75, 3.05) is 11.9 Å². The van der Waals surface area contributed by atoms with E-state index in [1.54, 1.807) is 30.5 Å². The third-order valence-electron chi connectivity index (χ3n) is 3.35. The van der Waals surface area contributed by atoms with Gasteiger partial charge in [-0.1, -0.05) is 49.3 Å². The van der Waals surface area contributed by atoms with Gasteiger partial charge in [-0.3, -0.25) is 4.79 Å². The van der Waals surface area contributed by atoms with Gasteiger partial charge >= 0.3 is 0 Å². The number of amides is 1. The Kier molecular flexibility index (Phi) is 6.09. The minimum Gasteiger partial charge on any atom is -0.386 e. The van der Waals surface area contributed by atoms with Crippen LogP contribution in [0.5, 0.6) is 0 Å². The number of carbonyl (C=O) groups is 1. The number of anilines is 1. The number of benzene rings is 2. The zero-order chi connectivity index (χ0) is 17.4. The summed E-state index contributed by atoms with van der Waals surface area (Å²) >= 11 is 0. The number of carbonyl (C=O) groups excluding carboxylic acids is 1. The molecular formula is C19H19N3O2. The van der Waals surface area contributed by atoms with Crippen LogP contribution in [0.25, 0.3) is 0 Å². The summed E-state index contributed by atoms with van der Waals surface area (Å²) in [5.41, 5.74) is 3.20. The topological polar surface area (TPSA) is 74.5 Å². The van der Waals surface area contributed by atoms with Crippen LogP contribution >= 0.6 is 0 Å². The largest absolute Gasteiger partial charge is 0.386 e. The third-order valence-corrected chi connectivity index (χ3v) is 3.35. The molecule has 1 N–H and O–H groups in total. The summed E-state index contributed by atoms with van der Waals surface area (Å²) in [6.07, 6.45) is 1.56. The Morgan fingerprint density at radius 3 is 2.71 bits per heavy atom. The van der Waals surface area contributed by atoms with Gasteiger partial charge in [0.2, 0.25) is 0 Å². The molecule has 2 aromatic rings. The summed E-state index contributed by atoms with van der Waals surface area (Å²) in [5, 5.41) is 15.3. The van der Waals surface area contributed by atoms with Crippen LogP contribution in [0.4, 0.5) is 5.69 Å². The molecule has 0 bridgehead atoms. The first-order valence-corrected chi connectivity index (χ1v) is 7.64. The highest BCUT2D eigenvalue weighted by atomic mass is 16.6. The molecule has 0 saturated carbocycles. The number of nitrogens with one attached hydrogen (secondary N) is 1. The molecule has 0 saturated heterocycles. The third kappa shape index (κ3) is 5.25. The Labute approximate surface area is 141 Å².